The van der Waals surface area contributed by atoms with E-state index in [-0.39, 0.29) is 11.9 Å². The molecule has 0 bridgehead atoms. The number of aromatic nitrogens is 3. The Kier molecular flexibility index (Phi) is 5.77. The minimum atomic E-state index is -0.101. The maximum Gasteiger partial charge on any atom is 0.254 e. The molecule has 7 heteroatoms. The van der Waals surface area contributed by atoms with Crippen molar-refractivity contribution in [2.75, 3.05) is 19.3 Å². The van der Waals surface area contributed by atoms with Crippen molar-refractivity contribution >= 4 is 17.7 Å². The zero-order chi connectivity index (χ0) is 16.8. The number of thioether (sulfide) groups is 1. The van der Waals surface area contributed by atoms with Crippen LogP contribution in [-0.2, 0) is 6.54 Å². The van der Waals surface area contributed by atoms with Gasteiger partial charge in [0.2, 0.25) is 0 Å². The Morgan fingerprint density at radius 3 is 2.92 bits per heavy atom. The van der Waals surface area contributed by atoms with Gasteiger partial charge >= 0.3 is 0 Å². The summed E-state index contributed by atoms with van der Waals surface area (Å²) in [5.41, 5.74) is 1.71. The number of likely N-dealkylation sites (tertiary alicyclic amines) is 1. The molecular formula is C17H21N5OS. The summed E-state index contributed by atoms with van der Waals surface area (Å²) in [5.74, 6) is -0.101. The van der Waals surface area contributed by atoms with Gasteiger partial charge in [-0.1, -0.05) is 17.8 Å². The van der Waals surface area contributed by atoms with Gasteiger partial charge in [-0.3, -0.25) is 14.7 Å². The highest BCUT2D eigenvalue weighted by Gasteiger charge is 2.22. The topological polar surface area (TPSA) is 71.0 Å². The van der Waals surface area contributed by atoms with E-state index in [0.29, 0.717) is 10.7 Å². The fourth-order valence-corrected chi connectivity index (χ4v) is 3.19. The molecule has 0 saturated carbocycles. The summed E-state index contributed by atoms with van der Waals surface area (Å²) in [6, 6.07) is 4.19. The molecule has 1 amide bonds. The van der Waals surface area contributed by atoms with Crippen LogP contribution in [0.2, 0.25) is 0 Å². The first-order valence-electron chi connectivity index (χ1n) is 8.03. The van der Waals surface area contributed by atoms with Crippen LogP contribution in [0.15, 0.2) is 42.1 Å². The number of nitrogens with one attached hydrogen (secondary N) is 1. The van der Waals surface area contributed by atoms with Crippen molar-refractivity contribution in [3.63, 3.8) is 0 Å². The highest BCUT2D eigenvalue weighted by atomic mass is 32.2. The molecule has 126 valence electrons. The molecule has 2 aromatic heterocycles. The van der Waals surface area contributed by atoms with Crippen molar-refractivity contribution in [1.82, 2.24) is 25.2 Å². The van der Waals surface area contributed by atoms with Crippen molar-refractivity contribution in [2.45, 2.75) is 30.6 Å². The van der Waals surface area contributed by atoms with E-state index in [4.69, 9.17) is 0 Å². The Morgan fingerprint density at radius 1 is 1.38 bits per heavy atom. The average Bonchev–Trinajstić information content (AvgIpc) is 2.63. The third kappa shape index (κ3) is 4.52. The lowest BCUT2D eigenvalue weighted by molar-refractivity contribution is 0.0900. The number of hydrogen-bond donors (Lipinski definition) is 1. The number of carbonyl (C=O) groups excluding carboxylic acids is 1. The molecular weight excluding hydrogens is 322 g/mol. The molecule has 1 atom stereocenters. The second-order valence-corrected chi connectivity index (χ2v) is 6.64. The maximum atomic E-state index is 12.4. The van der Waals surface area contributed by atoms with E-state index in [1.54, 1.807) is 18.6 Å². The van der Waals surface area contributed by atoms with E-state index in [2.05, 4.69) is 31.2 Å². The lowest BCUT2D eigenvalue weighted by atomic mass is 10.0. The quantitative estimate of drug-likeness (QED) is 0.661. The van der Waals surface area contributed by atoms with Gasteiger partial charge in [0.1, 0.15) is 0 Å². The van der Waals surface area contributed by atoms with Gasteiger partial charge in [-0.15, -0.1) is 0 Å². The summed E-state index contributed by atoms with van der Waals surface area (Å²) in [6.07, 6.45) is 10.8. The van der Waals surface area contributed by atoms with Crippen molar-refractivity contribution in [2.24, 2.45) is 0 Å². The first kappa shape index (κ1) is 16.9. The zero-order valence-electron chi connectivity index (χ0n) is 13.7. The van der Waals surface area contributed by atoms with Crippen LogP contribution >= 0.6 is 11.8 Å². The van der Waals surface area contributed by atoms with Gasteiger partial charge < -0.3 is 5.32 Å². The first-order chi connectivity index (χ1) is 11.7. The molecule has 1 saturated heterocycles. The van der Waals surface area contributed by atoms with Crippen molar-refractivity contribution < 1.29 is 4.79 Å². The Bertz CT molecular complexity index is 664. The molecule has 0 radical (unpaired) electrons. The number of piperidine rings is 1. The molecule has 6 nitrogen and oxygen atoms in total. The predicted molar refractivity (Wildman–Crippen MR) is 93.8 cm³/mol. The molecule has 3 rings (SSSR count). The zero-order valence-corrected chi connectivity index (χ0v) is 14.5. The van der Waals surface area contributed by atoms with E-state index in [1.807, 2.05) is 18.5 Å². The number of amides is 1. The predicted octanol–water partition coefficient (Wildman–Crippen LogP) is 1.99. The van der Waals surface area contributed by atoms with Crippen molar-refractivity contribution in [3.05, 3.63) is 48.0 Å². The molecule has 0 aliphatic carbocycles. The summed E-state index contributed by atoms with van der Waals surface area (Å²) in [6.45, 7) is 2.77. The van der Waals surface area contributed by atoms with E-state index >= 15 is 0 Å². The third-order valence-electron chi connectivity index (χ3n) is 4.04. The molecule has 1 aliphatic heterocycles. The summed E-state index contributed by atoms with van der Waals surface area (Å²) < 4.78 is 0. The van der Waals surface area contributed by atoms with Gasteiger partial charge in [0.05, 0.1) is 5.56 Å². The van der Waals surface area contributed by atoms with Crippen LogP contribution in [0.1, 0.15) is 28.8 Å². The molecule has 1 N–H and O–H groups in total. The summed E-state index contributed by atoms with van der Waals surface area (Å²) in [5, 5.41) is 3.78. The van der Waals surface area contributed by atoms with Crippen molar-refractivity contribution in [1.29, 1.82) is 0 Å². The monoisotopic (exact) mass is 343 g/mol. The van der Waals surface area contributed by atoms with Gasteiger partial charge in [0, 0.05) is 43.9 Å². The lowest BCUT2D eigenvalue weighted by Gasteiger charge is -2.33. The lowest BCUT2D eigenvalue weighted by Crippen LogP contribution is -2.47. The van der Waals surface area contributed by atoms with Gasteiger partial charge in [0.25, 0.3) is 5.91 Å². The Balaban J connectivity index is 1.55. The Labute approximate surface area is 146 Å². The van der Waals surface area contributed by atoms with Crippen LogP contribution in [0.5, 0.6) is 0 Å². The number of nitrogens with zero attached hydrogens (tertiary/aromatic N) is 4. The molecule has 0 aromatic carbocycles. The van der Waals surface area contributed by atoms with Crippen LogP contribution < -0.4 is 5.32 Å². The average molecular weight is 343 g/mol. The van der Waals surface area contributed by atoms with E-state index in [9.17, 15) is 4.79 Å². The minimum Gasteiger partial charge on any atom is -0.348 e. The molecule has 0 unspecified atom stereocenters. The Hall–Kier alpha value is -1.99. The smallest absolute Gasteiger partial charge is 0.254 e. The van der Waals surface area contributed by atoms with Gasteiger partial charge in [0.15, 0.2) is 5.16 Å². The number of rotatable bonds is 5. The van der Waals surface area contributed by atoms with Crippen LogP contribution in [-0.4, -0.2) is 51.1 Å². The van der Waals surface area contributed by atoms with Crippen LogP contribution in [0.25, 0.3) is 0 Å². The Morgan fingerprint density at radius 2 is 2.21 bits per heavy atom. The largest absolute Gasteiger partial charge is 0.348 e. The third-order valence-corrected chi connectivity index (χ3v) is 4.62. The van der Waals surface area contributed by atoms with Crippen LogP contribution in [0, 0.1) is 0 Å². The number of pyridine rings is 1. The first-order valence-corrected chi connectivity index (χ1v) is 9.25. The van der Waals surface area contributed by atoms with Crippen molar-refractivity contribution in [3.8, 4) is 0 Å². The normalized spacial score (nSPS) is 18.3. The maximum absolute atomic E-state index is 12.4. The highest BCUT2D eigenvalue weighted by molar-refractivity contribution is 7.98. The molecule has 3 heterocycles. The van der Waals surface area contributed by atoms with E-state index in [1.165, 1.54) is 17.3 Å². The molecule has 0 spiro atoms. The van der Waals surface area contributed by atoms with Gasteiger partial charge in [-0.25, -0.2) is 9.97 Å². The number of hydrogen-bond acceptors (Lipinski definition) is 6. The standard InChI is InChI=1S/C17H21N5OS/c1-24-17-19-9-14(10-20-17)16(23)21-15-5-3-7-22(12-15)11-13-4-2-6-18-8-13/h2,4,6,8-10,15H,3,5,7,11-12H2,1H3,(H,21,23)/t15-/m1/s1. The molecule has 2 aromatic rings. The fourth-order valence-electron chi connectivity index (χ4n) is 2.87. The summed E-state index contributed by atoms with van der Waals surface area (Å²) in [4.78, 5) is 27.2. The second kappa shape index (κ2) is 8.21. The fraction of sp³-hybridized carbons (Fsp3) is 0.412. The summed E-state index contributed by atoms with van der Waals surface area (Å²) >= 11 is 1.46. The second-order valence-electron chi connectivity index (χ2n) is 5.87. The molecule has 1 aliphatic rings. The SMILES string of the molecule is CSc1ncc(C(=O)N[C@@H]2CCCN(Cc3cccnc3)C2)cn1. The molecule has 1 fully saturated rings. The molecule has 24 heavy (non-hydrogen) atoms. The minimum absolute atomic E-state index is 0.101. The number of carbonyl (C=O) groups is 1. The van der Waals surface area contributed by atoms with Crippen LogP contribution in [0.3, 0.4) is 0 Å². The van der Waals surface area contributed by atoms with Gasteiger partial charge in [-0.2, -0.15) is 0 Å². The highest BCUT2D eigenvalue weighted by Crippen LogP contribution is 2.14. The van der Waals surface area contributed by atoms with Crippen LogP contribution in [0.4, 0.5) is 0 Å². The van der Waals surface area contributed by atoms with E-state index in [0.717, 1.165) is 32.5 Å². The van der Waals surface area contributed by atoms with E-state index < -0.39 is 0 Å². The van der Waals surface area contributed by atoms with Gasteiger partial charge in [-0.05, 0) is 37.3 Å². The summed E-state index contributed by atoms with van der Waals surface area (Å²) in [7, 11) is 0.